The summed E-state index contributed by atoms with van der Waals surface area (Å²) in [7, 11) is 0. The van der Waals surface area contributed by atoms with Crippen molar-refractivity contribution in [1.82, 2.24) is 59.5 Å². The van der Waals surface area contributed by atoms with Crippen LogP contribution < -0.4 is 0 Å². The maximum Gasteiger partial charge on any atom is 0.181 e. The smallest absolute Gasteiger partial charge is 0.181 e. The van der Waals surface area contributed by atoms with Gasteiger partial charge in [-0.3, -0.25) is 19.6 Å². The van der Waals surface area contributed by atoms with E-state index in [1.165, 1.54) is 34.9 Å². The van der Waals surface area contributed by atoms with E-state index in [1.54, 1.807) is 36.2 Å². The molecule has 0 amide bonds. The number of nitrogens with zero attached hydrogens (tertiary/aromatic N) is 10. The van der Waals surface area contributed by atoms with Crippen molar-refractivity contribution in [2.75, 3.05) is 77.0 Å². The first-order valence-electron chi connectivity index (χ1n) is 23.4. The topological polar surface area (TPSA) is 194 Å². The number of hydrogen-bond acceptors (Lipinski definition) is 14. The number of imidazole rings is 2. The largest absolute Gasteiger partial charge is 0.412 e. The molecule has 6 N–H and O–H groups in total. The van der Waals surface area contributed by atoms with Crippen LogP contribution >= 0.6 is 23.5 Å². The zero-order chi connectivity index (χ0) is 46.8. The second-order valence-electron chi connectivity index (χ2n) is 17.7. The molecule has 15 nitrogen and oxygen atoms in total. The lowest BCUT2D eigenvalue weighted by molar-refractivity contribution is 0.0411. The van der Waals surface area contributed by atoms with E-state index >= 15 is 0 Å². The highest BCUT2D eigenvalue weighted by atomic mass is 32.2. The third kappa shape index (κ3) is 11.5. The zero-order valence-corrected chi connectivity index (χ0v) is 40.8. The maximum absolute atomic E-state index is 10.7. The molecule has 0 spiro atoms. The predicted octanol–water partition coefficient (Wildman–Crippen LogP) is 5.95. The Balaban J connectivity index is 0.000000183. The Bertz CT molecular complexity index is 2500. The Morgan fingerprint density at radius 3 is 1.12 bits per heavy atom. The standard InChI is InChI=1S/2C26H30N6OS.H2O/c2*1-26(20-8-4-2-5-9-20,21-10-6-3-7-11-21)32-14-12-31(13-15-32)16-22(33)17-34-25-23-24(28-18-27-23)29-19-30-25;/h2*2-11,18-19,22,33H,12-17H2,1H3,(H,27,28,29,30);1H2. The van der Waals surface area contributed by atoms with Gasteiger partial charge in [-0.1, -0.05) is 121 Å². The number of fused-ring (bicyclic) bond motifs is 2. The van der Waals surface area contributed by atoms with Gasteiger partial charge >= 0.3 is 0 Å². The van der Waals surface area contributed by atoms with Crippen molar-refractivity contribution in [2.45, 2.75) is 47.2 Å². The molecule has 2 fully saturated rings. The van der Waals surface area contributed by atoms with Gasteiger partial charge in [-0.15, -0.1) is 23.5 Å². The molecule has 0 aliphatic carbocycles. The number of nitrogens with one attached hydrogen (secondary N) is 2. The second-order valence-corrected chi connectivity index (χ2v) is 19.7. The van der Waals surface area contributed by atoms with Crippen molar-refractivity contribution in [2.24, 2.45) is 0 Å². The Labute approximate surface area is 412 Å². The van der Waals surface area contributed by atoms with Crippen LogP contribution in [0, 0.1) is 0 Å². The molecule has 0 radical (unpaired) electrons. The number of aliphatic hydroxyl groups is 2. The van der Waals surface area contributed by atoms with E-state index in [2.05, 4.69) is 195 Å². The Kier molecular flexibility index (Phi) is 16.8. The highest BCUT2D eigenvalue weighted by Crippen LogP contribution is 2.38. The van der Waals surface area contributed by atoms with Gasteiger partial charge in [0, 0.05) is 77.0 Å². The summed E-state index contributed by atoms with van der Waals surface area (Å²) in [5.74, 6) is 1.16. The van der Waals surface area contributed by atoms with Crippen molar-refractivity contribution in [1.29, 1.82) is 0 Å². The molecule has 6 heterocycles. The van der Waals surface area contributed by atoms with Crippen molar-refractivity contribution in [3.63, 3.8) is 0 Å². The van der Waals surface area contributed by atoms with E-state index in [9.17, 15) is 10.2 Å². The maximum atomic E-state index is 10.7. The molecule has 2 atom stereocenters. The van der Waals surface area contributed by atoms with Crippen molar-refractivity contribution >= 4 is 45.9 Å². The monoisotopic (exact) mass is 966 g/mol. The number of benzene rings is 4. The van der Waals surface area contributed by atoms with Crippen LogP contribution in [0.5, 0.6) is 0 Å². The van der Waals surface area contributed by atoms with Crippen LogP contribution in [-0.4, -0.2) is 164 Å². The number of aromatic amines is 2. The lowest BCUT2D eigenvalue weighted by Crippen LogP contribution is -2.55. The SMILES string of the molecule is CC(c1ccccc1)(c1ccccc1)N1CCN(CC(O)CSc2ncnc3nc[nH]c23)CC1.CC(c1ccccc1)(c1ccccc1)N1CCN(CC(O)CSc2ncnc3nc[nH]c23)CC1.O. The number of aliphatic hydroxyl groups excluding tert-OH is 2. The van der Waals surface area contributed by atoms with E-state index < -0.39 is 12.2 Å². The molecule has 2 saturated heterocycles. The molecule has 2 aliphatic heterocycles. The molecule has 2 unspecified atom stereocenters. The Morgan fingerprint density at radius 2 is 0.797 bits per heavy atom. The number of H-pyrrole nitrogens is 2. The molecular formula is C52H62N12O3S2. The third-order valence-electron chi connectivity index (χ3n) is 13.5. The summed E-state index contributed by atoms with van der Waals surface area (Å²) < 4.78 is 0. The fourth-order valence-electron chi connectivity index (χ4n) is 9.63. The lowest BCUT2D eigenvalue weighted by atomic mass is 9.82. The van der Waals surface area contributed by atoms with E-state index in [0.29, 0.717) is 35.9 Å². The van der Waals surface area contributed by atoms with Gasteiger partial charge in [0.2, 0.25) is 0 Å². The summed E-state index contributed by atoms with van der Waals surface area (Å²) in [4.78, 5) is 41.4. The van der Waals surface area contributed by atoms with E-state index in [0.717, 1.165) is 73.4 Å². The van der Waals surface area contributed by atoms with Crippen LogP contribution in [0.2, 0.25) is 0 Å². The summed E-state index contributed by atoms with van der Waals surface area (Å²) in [5.41, 5.74) is 7.82. The summed E-state index contributed by atoms with van der Waals surface area (Å²) in [6, 6.07) is 43.1. The molecule has 69 heavy (non-hydrogen) atoms. The van der Waals surface area contributed by atoms with Crippen LogP contribution in [0.1, 0.15) is 36.1 Å². The summed E-state index contributed by atoms with van der Waals surface area (Å²) >= 11 is 3.08. The van der Waals surface area contributed by atoms with Crippen molar-refractivity contribution in [3.05, 3.63) is 169 Å². The van der Waals surface area contributed by atoms with Gasteiger partial charge in [-0.25, -0.2) is 29.9 Å². The van der Waals surface area contributed by atoms with Crippen LogP contribution in [-0.2, 0) is 11.1 Å². The van der Waals surface area contributed by atoms with Gasteiger partial charge in [-0.05, 0) is 36.1 Å². The average molecular weight is 967 g/mol. The average Bonchev–Trinajstić information content (AvgIpc) is 4.10. The molecule has 360 valence electrons. The Hall–Kier alpha value is -5.60. The first kappa shape index (κ1) is 49.8. The molecular weight excluding hydrogens is 905 g/mol. The second kappa shape index (κ2) is 23.3. The number of rotatable bonds is 16. The molecule has 8 aromatic rings. The van der Waals surface area contributed by atoms with Crippen molar-refractivity contribution in [3.8, 4) is 0 Å². The minimum atomic E-state index is -0.431. The molecule has 4 aromatic carbocycles. The fourth-order valence-corrected chi connectivity index (χ4v) is 11.4. The Morgan fingerprint density at radius 1 is 0.478 bits per heavy atom. The minimum absolute atomic E-state index is 0. The zero-order valence-electron chi connectivity index (χ0n) is 39.2. The molecule has 10 rings (SSSR count). The first-order chi connectivity index (χ1) is 33.3. The molecule has 0 saturated carbocycles. The highest BCUT2D eigenvalue weighted by Gasteiger charge is 2.39. The third-order valence-corrected chi connectivity index (χ3v) is 15.8. The van der Waals surface area contributed by atoms with Gasteiger partial charge in [0.1, 0.15) is 33.7 Å². The molecule has 17 heteroatoms. The number of thioether (sulfide) groups is 2. The van der Waals surface area contributed by atoms with Crippen LogP contribution in [0.25, 0.3) is 22.3 Å². The van der Waals surface area contributed by atoms with Gasteiger partial charge in [0.15, 0.2) is 11.3 Å². The number of aromatic nitrogens is 8. The first-order valence-corrected chi connectivity index (χ1v) is 25.3. The van der Waals surface area contributed by atoms with Gasteiger partial charge < -0.3 is 25.7 Å². The van der Waals surface area contributed by atoms with Crippen LogP contribution in [0.4, 0.5) is 0 Å². The van der Waals surface area contributed by atoms with E-state index in [4.69, 9.17) is 0 Å². The summed E-state index contributed by atoms with van der Waals surface area (Å²) in [5, 5.41) is 23.1. The molecule has 2 aliphatic rings. The fraction of sp³-hybridized carbons (Fsp3) is 0.346. The van der Waals surface area contributed by atoms with Gasteiger partial charge in [0.05, 0.1) is 35.9 Å². The van der Waals surface area contributed by atoms with Gasteiger partial charge in [-0.2, -0.15) is 0 Å². The van der Waals surface area contributed by atoms with Crippen LogP contribution in [0.15, 0.2) is 157 Å². The molecule has 0 bridgehead atoms. The van der Waals surface area contributed by atoms with Gasteiger partial charge in [0.25, 0.3) is 0 Å². The quantitative estimate of drug-likeness (QED) is 0.0656. The lowest BCUT2D eigenvalue weighted by Gasteiger charge is -2.47. The highest BCUT2D eigenvalue weighted by molar-refractivity contribution is 7.99. The van der Waals surface area contributed by atoms with E-state index in [-0.39, 0.29) is 16.6 Å². The predicted molar refractivity (Wildman–Crippen MR) is 275 cm³/mol. The number of piperazine rings is 2. The van der Waals surface area contributed by atoms with Crippen molar-refractivity contribution < 1.29 is 15.7 Å². The number of β-amino-alcohol motifs (C(OH)–C–C–N with tert-alkyl or cyclic N) is 2. The van der Waals surface area contributed by atoms with E-state index in [1.807, 2.05) is 0 Å². The number of hydrogen-bond donors (Lipinski definition) is 4. The minimum Gasteiger partial charge on any atom is -0.412 e. The normalized spacial score (nSPS) is 16.4. The summed E-state index contributed by atoms with van der Waals surface area (Å²) in [6.45, 7) is 13.5. The molecule has 4 aromatic heterocycles. The summed E-state index contributed by atoms with van der Waals surface area (Å²) in [6.07, 6.45) is 5.43. The van der Waals surface area contributed by atoms with Crippen LogP contribution in [0.3, 0.4) is 0 Å².